The standard InChI is InChI=1S/C23H33N5O2/c1-24-23(28-11-12-29-22(17-28)19-15-26-27(2)16-19)25-14-18-7-6-10-21(13-18)30-20-8-4-3-5-9-20/h6-7,10,13,15-16,20,22H,3-5,8-9,11-12,14,17H2,1-2H3,(H,24,25). The smallest absolute Gasteiger partial charge is 0.194 e. The molecule has 1 aromatic heterocycles. The minimum Gasteiger partial charge on any atom is -0.490 e. The molecule has 1 saturated heterocycles. The van der Waals surface area contributed by atoms with E-state index in [9.17, 15) is 0 Å². The molecule has 4 rings (SSSR count). The molecule has 1 atom stereocenters. The summed E-state index contributed by atoms with van der Waals surface area (Å²) in [6, 6.07) is 8.41. The third-order valence-electron chi connectivity index (χ3n) is 5.88. The third kappa shape index (κ3) is 5.33. The number of ether oxygens (including phenoxy) is 2. The molecular weight excluding hydrogens is 378 g/mol. The van der Waals surface area contributed by atoms with Gasteiger partial charge < -0.3 is 19.7 Å². The molecule has 0 radical (unpaired) electrons. The van der Waals surface area contributed by atoms with Crippen LogP contribution in [-0.2, 0) is 18.3 Å². The zero-order chi connectivity index (χ0) is 20.8. The summed E-state index contributed by atoms with van der Waals surface area (Å²) in [5, 5.41) is 7.78. The van der Waals surface area contributed by atoms with Crippen LogP contribution in [0.15, 0.2) is 41.7 Å². The average molecular weight is 412 g/mol. The predicted octanol–water partition coefficient (Wildman–Crippen LogP) is 3.28. The van der Waals surface area contributed by atoms with Crippen LogP contribution in [0, 0.1) is 0 Å². The highest BCUT2D eigenvalue weighted by molar-refractivity contribution is 5.80. The van der Waals surface area contributed by atoms with Gasteiger partial charge in [0.2, 0.25) is 0 Å². The minimum absolute atomic E-state index is 0.0122. The fourth-order valence-corrected chi connectivity index (χ4v) is 4.27. The molecule has 7 heteroatoms. The van der Waals surface area contributed by atoms with E-state index in [1.165, 1.54) is 37.7 Å². The molecule has 2 aliphatic rings. The van der Waals surface area contributed by atoms with Crippen molar-refractivity contribution in [2.75, 3.05) is 26.7 Å². The second-order valence-electron chi connectivity index (χ2n) is 8.18. The number of aromatic nitrogens is 2. The Morgan fingerprint density at radius 3 is 2.93 bits per heavy atom. The van der Waals surface area contributed by atoms with E-state index in [2.05, 4.69) is 44.6 Å². The van der Waals surface area contributed by atoms with E-state index in [1.807, 2.05) is 31.2 Å². The average Bonchev–Trinajstić information content (AvgIpc) is 3.22. The molecule has 0 bridgehead atoms. The number of hydrogen-bond acceptors (Lipinski definition) is 4. The van der Waals surface area contributed by atoms with Crippen molar-refractivity contribution in [1.82, 2.24) is 20.0 Å². The van der Waals surface area contributed by atoms with E-state index in [1.54, 1.807) is 0 Å². The number of benzene rings is 1. The SMILES string of the molecule is CN=C(NCc1cccc(OC2CCCCC2)c1)N1CCOC(c2cnn(C)c2)C1. The van der Waals surface area contributed by atoms with Crippen LogP contribution in [0.5, 0.6) is 5.75 Å². The van der Waals surface area contributed by atoms with E-state index in [-0.39, 0.29) is 6.10 Å². The van der Waals surface area contributed by atoms with Gasteiger partial charge in [-0.1, -0.05) is 18.6 Å². The van der Waals surface area contributed by atoms with Gasteiger partial charge in [0.25, 0.3) is 0 Å². The number of aryl methyl sites for hydroxylation is 1. The molecule has 1 aromatic carbocycles. The molecule has 2 fully saturated rings. The van der Waals surface area contributed by atoms with E-state index in [0.29, 0.717) is 19.3 Å². The lowest BCUT2D eigenvalue weighted by Gasteiger charge is -2.34. The van der Waals surface area contributed by atoms with Crippen LogP contribution >= 0.6 is 0 Å². The number of morpholine rings is 1. The molecule has 0 spiro atoms. The van der Waals surface area contributed by atoms with Crippen LogP contribution in [0.25, 0.3) is 0 Å². The van der Waals surface area contributed by atoms with Gasteiger partial charge in [-0.2, -0.15) is 5.10 Å². The Balaban J connectivity index is 1.33. The van der Waals surface area contributed by atoms with Gasteiger partial charge in [0.05, 0.1) is 25.5 Å². The van der Waals surface area contributed by atoms with Crippen molar-refractivity contribution in [3.63, 3.8) is 0 Å². The Morgan fingerprint density at radius 1 is 1.30 bits per heavy atom. The molecule has 2 heterocycles. The summed E-state index contributed by atoms with van der Waals surface area (Å²) >= 11 is 0. The lowest BCUT2D eigenvalue weighted by atomic mass is 9.98. The first-order valence-electron chi connectivity index (χ1n) is 11.0. The van der Waals surface area contributed by atoms with Crippen molar-refractivity contribution in [2.45, 2.75) is 50.9 Å². The van der Waals surface area contributed by atoms with Crippen LogP contribution in [0.4, 0.5) is 0 Å². The molecule has 2 aromatic rings. The summed E-state index contributed by atoms with van der Waals surface area (Å²) in [4.78, 5) is 6.75. The van der Waals surface area contributed by atoms with Gasteiger partial charge in [-0.3, -0.25) is 9.67 Å². The highest BCUT2D eigenvalue weighted by atomic mass is 16.5. The third-order valence-corrected chi connectivity index (χ3v) is 5.88. The van der Waals surface area contributed by atoms with Crippen molar-refractivity contribution < 1.29 is 9.47 Å². The topological polar surface area (TPSA) is 63.9 Å². The monoisotopic (exact) mass is 411 g/mol. The lowest BCUT2D eigenvalue weighted by molar-refractivity contribution is -0.00805. The van der Waals surface area contributed by atoms with E-state index >= 15 is 0 Å². The summed E-state index contributed by atoms with van der Waals surface area (Å²) in [6.07, 6.45) is 10.5. The molecule has 1 N–H and O–H groups in total. The van der Waals surface area contributed by atoms with Crippen LogP contribution in [0.2, 0.25) is 0 Å². The Kier molecular flexibility index (Phi) is 6.89. The maximum atomic E-state index is 6.22. The normalized spacial score (nSPS) is 20.9. The second kappa shape index (κ2) is 9.98. The van der Waals surface area contributed by atoms with E-state index in [0.717, 1.165) is 30.4 Å². The van der Waals surface area contributed by atoms with Gasteiger partial charge in [-0.25, -0.2) is 0 Å². The zero-order valence-corrected chi connectivity index (χ0v) is 18.1. The van der Waals surface area contributed by atoms with Crippen LogP contribution in [-0.4, -0.2) is 53.5 Å². The van der Waals surface area contributed by atoms with Crippen molar-refractivity contribution in [3.8, 4) is 5.75 Å². The molecule has 1 aliphatic carbocycles. The number of guanidine groups is 1. The molecule has 1 saturated carbocycles. The Labute approximate surface area is 179 Å². The second-order valence-corrected chi connectivity index (χ2v) is 8.18. The molecule has 30 heavy (non-hydrogen) atoms. The van der Waals surface area contributed by atoms with Gasteiger partial charge in [0.15, 0.2) is 5.96 Å². The van der Waals surface area contributed by atoms with Crippen molar-refractivity contribution in [3.05, 3.63) is 47.8 Å². The molecule has 1 unspecified atom stereocenters. The minimum atomic E-state index is 0.0122. The maximum Gasteiger partial charge on any atom is 0.194 e. The molecular formula is C23H33N5O2. The summed E-state index contributed by atoms with van der Waals surface area (Å²) < 4.78 is 14.0. The lowest BCUT2D eigenvalue weighted by Crippen LogP contribution is -2.47. The van der Waals surface area contributed by atoms with E-state index in [4.69, 9.17) is 9.47 Å². The van der Waals surface area contributed by atoms with Crippen molar-refractivity contribution >= 4 is 5.96 Å². The highest BCUT2D eigenvalue weighted by Crippen LogP contribution is 2.24. The summed E-state index contributed by atoms with van der Waals surface area (Å²) in [5.41, 5.74) is 2.30. The Morgan fingerprint density at radius 2 is 2.17 bits per heavy atom. The predicted molar refractivity (Wildman–Crippen MR) is 118 cm³/mol. The fourth-order valence-electron chi connectivity index (χ4n) is 4.27. The van der Waals surface area contributed by atoms with Gasteiger partial charge in [-0.15, -0.1) is 0 Å². The van der Waals surface area contributed by atoms with Crippen molar-refractivity contribution in [1.29, 1.82) is 0 Å². The van der Waals surface area contributed by atoms with E-state index < -0.39 is 0 Å². The van der Waals surface area contributed by atoms with Crippen molar-refractivity contribution in [2.24, 2.45) is 12.0 Å². The number of hydrogen-bond donors (Lipinski definition) is 1. The number of nitrogens with zero attached hydrogens (tertiary/aromatic N) is 4. The Bertz CT molecular complexity index is 844. The first kappa shape index (κ1) is 20.7. The molecule has 1 aliphatic heterocycles. The van der Waals surface area contributed by atoms with Gasteiger partial charge in [-0.05, 0) is 43.4 Å². The largest absolute Gasteiger partial charge is 0.490 e. The first-order chi connectivity index (χ1) is 14.7. The van der Waals surface area contributed by atoms with Gasteiger partial charge >= 0.3 is 0 Å². The highest BCUT2D eigenvalue weighted by Gasteiger charge is 2.25. The maximum absolute atomic E-state index is 6.22. The Hall–Kier alpha value is -2.54. The van der Waals surface area contributed by atoms with Crippen LogP contribution < -0.4 is 10.1 Å². The molecule has 162 valence electrons. The van der Waals surface area contributed by atoms with Crippen LogP contribution in [0.1, 0.15) is 49.3 Å². The van der Waals surface area contributed by atoms with Gasteiger partial charge in [0, 0.05) is 38.9 Å². The molecule has 7 nitrogen and oxygen atoms in total. The van der Waals surface area contributed by atoms with Gasteiger partial charge in [0.1, 0.15) is 11.9 Å². The zero-order valence-electron chi connectivity index (χ0n) is 18.1. The quantitative estimate of drug-likeness (QED) is 0.604. The summed E-state index contributed by atoms with van der Waals surface area (Å²) in [5.74, 6) is 1.87. The van der Waals surface area contributed by atoms with Crippen LogP contribution in [0.3, 0.4) is 0 Å². The number of rotatable bonds is 5. The number of aliphatic imine (C=N–C) groups is 1. The fraction of sp³-hybridized carbons (Fsp3) is 0.565. The first-order valence-corrected chi connectivity index (χ1v) is 11.0. The molecule has 0 amide bonds. The summed E-state index contributed by atoms with van der Waals surface area (Å²) in [6.45, 7) is 2.96. The number of nitrogens with one attached hydrogen (secondary N) is 1. The summed E-state index contributed by atoms with van der Waals surface area (Å²) in [7, 11) is 3.76.